The van der Waals surface area contributed by atoms with Gasteiger partial charge in [-0.2, -0.15) is 23.0 Å². The van der Waals surface area contributed by atoms with Crippen molar-refractivity contribution >= 4 is 23.1 Å². The van der Waals surface area contributed by atoms with Crippen molar-refractivity contribution in [1.29, 1.82) is 10.5 Å². The quantitative estimate of drug-likeness (QED) is 0.135. The Kier molecular flexibility index (Phi) is 21.8. The molecule has 0 aliphatic rings. The Bertz CT molecular complexity index is 885. The van der Waals surface area contributed by atoms with Crippen LogP contribution in [0.25, 0.3) is 0 Å². The van der Waals surface area contributed by atoms with E-state index in [-0.39, 0.29) is 35.3 Å². The minimum Gasteiger partial charge on any atom is -0.418 e. The summed E-state index contributed by atoms with van der Waals surface area (Å²) >= 11 is 0. The molecule has 0 saturated heterocycles. The van der Waals surface area contributed by atoms with E-state index in [1.54, 1.807) is 12.1 Å². The summed E-state index contributed by atoms with van der Waals surface area (Å²) in [5.41, 5.74) is 7.27. The zero-order valence-electron chi connectivity index (χ0n) is 28.4. The number of nitriles is 2. The third-order valence-corrected chi connectivity index (χ3v) is 13.7. The molecule has 0 aliphatic heterocycles. The van der Waals surface area contributed by atoms with Gasteiger partial charge in [-0.25, -0.2) is 0 Å². The van der Waals surface area contributed by atoms with Gasteiger partial charge in [0.15, 0.2) is 0 Å². The average molecular weight is 707 g/mol. The van der Waals surface area contributed by atoms with E-state index >= 15 is 0 Å². The molecule has 1 rings (SSSR count). The molecule has 0 N–H and O–H groups in total. The molecule has 0 fully saturated rings. The van der Waals surface area contributed by atoms with Crippen LogP contribution in [0.15, 0.2) is 6.07 Å². The van der Waals surface area contributed by atoms with Crippen molar-refractivity contribution in [3.8, 4) is 12.1 Å². The summed E-state index contributed by atoms with van der Waals surface area (Å²) in [5, 5.41) is 16.0. The van der Waals surface area contributed by atoms with Crippen LogP contribution in [-0.2, 0) is 31.8 Å². The summed E-state index contributed by atoms with van der Waals surface area (Å²) < 4.78 is 39.0. The van der Waals surface area contributed by atoms with E-state index in [1.807, 2.05) is 0 Å². The third kappa shape index (κ3) is 20.8. The van der Waals surface area contributed by atoms with Crippen LogP contribution in [0.5, 0.6) is 0 Å². The Morgan fingerprint density at radius 3 is 0.976 bits per heavy atom. The van der Waals surface area contributed by atoms with Crippen molar-refractivity contribution in [3.05, 3.63) is 40.8 Å². The van der Waals surface area contributed by atoms with Crippen molar-refractivity contribution in [2.24, 2.45) is 0 Å². The number of hydrogen-bond donors (Lipinski definition) is 0. The topological polar surface area (TPSA) is 47.6 Å². The van der Waals surface area contributed by atoms with E-state index in [0.29, 0.717) is 20.6 Å². The van der Waals surface area contributed by atoms with E-state index < -0.39 is 7.25 Å². The van der Waals surface area contributed by atoms with Crippen LogP contribution in [0.4, 0.5) is 17.3 Å². The molecule has 0 unspecified atom stereocenters. The van der Waals surface area contributed by atoms with E-state index in [2.05, 4.69) is 103 Å². The number of hydrogen-bond acceptors (Lipinski definition) is 2. The Balaban J connectivity index is -0.000000487. The number of benzene rings is 1. The maximum absolute atomic E-state index is 9.75. The average Bonchev–Trinajstić information content (AvgIpc) is 2.63. The van der Waals surface area contributed by atoms with Gasteiger partial charge in [0.25, 0.3) is 0 Å². The summed E-state index contributed by atoms with van der Waals surface area (Å²) in [5.74, 6) is 0. The summed E-state index contributed by atoms with van der Waals surface area (Å²) in [6.07, 6.45) is 2.37. The molecule has 0 amide bonds. The fourth-order valence-corrected chi connectivity index (χ4v) is 12.3. The van der Waals surface area contributed by atoms with Crippen molar-refractivity contribution in [2.45, 2.75) is 144 Å². The molecule has 0 aromatic heterocycles. The van der Waals surface area contributed by atoms with Crippen LogP contribution in [-0.4, -0.2) is 27.9 Å². The van der Waals surface area contributed by atoms with Gasteiger partial charge in [-0.05, 0) is 20.6 Å². The first kappa shape index (κ1) is 47.3. The van der Waals surface area contributed by atoms with E-state index in [4.69, 9.17) is 17.4 Å². The molecular weight excluding hydrogens is 652 g/mol. The van der Waals surface area contributed by atoms with Gasteiger partial charge in [0, 0.05) is 13.8 Å². The molecule has 1 aromatic carbocycles. The van der Waals surface area contributed by atoms with Crippen LogP contribution in [0.1, 0.15) is 125 Å². The number of halogens is 4. The summed E-state index contributed by atoms with van der Waals surface area (Å²) in [7, 11) is -6.35. The maximum Gasteiger partial charge on any atom is 2.00 e. The fraction of sp³-hybridized carbons (Fsp3) is 0.710. The largest absolute Gasteiger partial charge is 2.00 e. The molecule has 0 atom stereocenters. The maximum atomic E-state index is 9.75. The molecule has 0 bridgehead atoms. The van der Waals surface area contributed by atoms with Gasteiger partial charge in [-0.3, -0.25) is 0 Å². The SMILES string of the molecule is CC#N.CC#N.F[B-](F)(F)F.[CH2-]c1c(CP(C(C)(C)C)C(C)(C)C)c(C)cc(C)c1CP(C(C)(C)C)C(C)(C)C.[Rh+2]. The number of aryl methyl sites for hydroxylation is 2. The predicted octanol–water partition coefficient (Wildman–Crippen LogP) is 12.0. The molecule has 239 valence electrons. The van der Waals surface area contributed by atoms with Gasteiger partial charge in [0.05, 0.1) is 12.1 Å². The number of rotatable bonds is 4. The molecule has 0 spiro atoms. The first-order valence-corrected chi connectivity index (χ1v) is 16.5. The zero-order valence-corrected chi connectivity index (χ0v) is 31.8. The van der Waals surface area contributed by atoms with Crippen LogP contribution >= 0.6 is 15.8 Å². The van der Waals surface area contributed by atoms with Crippen molar-refractivity contribution in [3.63, 3.8) is 0 Å². The van der Waals surface area contributed by atoms with Crippen LogP contribution in [0.3, 0.4) is 0 Å². The Hall–Kier alpha value is -0.662. The molecule has 41 heavy (non-hydrogen) atoms. The van der Waals surface area contributed by atoms with E-state index in [0.717, 1.165) is 0 Å². The molecule has 1 radical (unpaired) electrons. The van der Waals surface area contributed by atoms with E-state index in [1.165, 1.54) is 54.0 Å². The first-order valence-electron chi connectivity index (χ1n) is 13.5. The second-order valence-electron chi connectivity index (χ2n) is 13.7. The fourth-order valence-electron chi connectivity index (χ4n) is 4.87. The normalized spacial score (nSPS) is 11.9. The first-order chi connectivity index (χ1) is 17.5. The zero-order chi connectivity index (χ0) is 33.1. The Labute approximate surface area is 266 Å². The molecule has 1 aromatic rings. The number of nitrogens with zero attached hydrogens (tertiary/aromatic N) is 2. The molecule has 0 aliphatic carbocycles. The van der Waals surface area contributed by atoms with Gasteiger partial charge < -0.3 is 17.3 Å². The minimum atomic E-state index is -6.00. The Morgan fingerprint density at radius 1 is 0.659 bits per heavy atom. The van der Waals surface area contributed by atoms with Gasteiger partial charge >= 0.3 is 26.7 Å². The van der Waals surface area contributed by atoms with Gasteiger partial charge in [0.1, 0.15) is 0 Å². The van der Waals surface area contributed by atoms with Crippen molar-refractivity contribution in [1.82, 2.24) is 0 Å². The smallest absolute Gasteiger partial charge is 0.418 e. The van der Waals surface area contributed by atoms with Crippen molar-refractivity contribution in [2.75, 3.05) is 0 Å². The standard InChI is InChI=1S/C27H49P2.2C2H3N.BF4.Rh/c1-19-16-20(2)23(18-29(26(10,11)12)27(13,14)15)21(3)22(19)17-28(24(4,5)6)25(7,8)9;2*1-2-3;2-1(3,4)5;/h16H,3,17-18H2,1-2,4-15H3;2*1H3;;/q-1;;;-1;+2. The Morgan fingerprint density at radius 2 is 0.829 bits per heavy atom. The predicted molar refractivity (Wildman–Crippen MR) is 173 cm³/mol. The van der Waals surface area contributed by atoms with E-state index in [9.17, 15) is 17.3 Å². The van der Waals surface area contributed by atoms with Crippen LogP contribution < -0.4 is 0 Å². The van der Waals surface area contributed by atoms with Crippen molar-refractivity contribution < 1.29 is 36.7 Å². The molecular formula is C31H55BF4N2P2Rh. The van der Waals surface area contributed by atoms with Gasteiger partial charge in [-0.1, -0.05) is 115 Å². The molecule has 0 heterocycles. The second kappa shape index (κ2) is 18.9. The van der Waals surface area contributed by atoms with Crippen LogP contribution in [0, 0.1) is 43.4 Å². The summed E-state index contributed by atoms with van der Waals surface area (Å²) in [4.78, 5) is 0. The van der Waals surface area contributed by atoms with Gasteiger partial charge in [0.2, 0.25) is 0 Å². The van der Waals surface area contributed by atoms with Gasteiger partial charge in [-0.15, -0.1) is 38.1 Å². The summed E-state index contributed by atoms with van der Waals surface area (Å²) in [6.45, 7) is 41.3. The molecule has 10 heteroatoms. The molecule has 0 saturated carbocycles. The minimum absolute atomic E-state index is 0. The molecule has 2 nitrogen and oxygen atoms in total. The van der Waals surface area contributed by atoms with Crippen LogP contribution in [0.2, 0.25) is 0 Å². The summed E-state index contributed by atoms with van der Waals surface area (Å²) in [6, 6.07) is 5.94. The third-order valence-electron chi connectivity index (χ3n) is 5.99. The second-order valence-corrected chi connectivity index (χ2v) is 21.5. The monoisotopic (exact) mass is 707 g/mol.